The maximum Gasteiger partial charge on any atom is 0.00967 e. The molecule has 20 heavy (non-hydrogen) atoms. The molecule has 1 fully saturated rings. The molecule has 0 aliphatic heterocycles. The summed E-state index contributed by atoms with van der Waals surface area (Å²) in [4.78, 5) is 2.66. The van der Waals surface area contributed by atoms with E-state index in [1.54, 1.807) is 0 Å². The summed E-state index contributed by atoms with van der Waals surface area (Å²) in [7, 11) is 2.35. The molecule has 0 aromatic heterocycles. The summed E-state index contributed by atoms with van der Waals surface area (Å²) in [5.41, 5.74) is 0.651. The van der Waals surface area contributed by atoms with Crippen LogP contribution in [0.1, 0.15) is 79.6 Å². The molecule has 0 aromatic rings. The van der Waals surface area contributed by atoms with Gasteiger partial charge in [-0.2, -0.15) is 0 Å². The molecular weight excluding hydrogens is 244 g/mol. The lowest BCUT2D eigenvalue weighted by Crippen LogP contribution is -2.49. The van der Waals surface area contributed by atoms with Crippen LogP contribution >= 0.6 is 0 Å². The Morgan fingerprint density at radius 1 is 1.00 bits per heavy atom. The van der Waals surface area contributed by atoms with Crippen LogP contribution in [0.25, 0.3) is 0 Å². The summed E-state index contributed by atoms with van der Waals surface area (Å²) < 4.78 is 0. The van der Waals surface area contributed by atoms with Crippen molar-refractivity contribution >= 4 is 0 Å². The molecule has 0 spiro atoms. The predicted molar refractivity (Wildman–Crippen MR) is 90.3 cm³/mol. The first-order valence-electron chi connectivity index (χ1n) is 8.77. The zero-order valence-corrected chi connectivity index (χ0v) is 14.9. The minimum Gasteiger partial charge on any atom is -0.311 e. The Morgan fingerprint density at radius 2 is 1.55 bits per heavy atom. The molecule has 0 aromatic carbocycles. The van der Waals surface area contributed by atoms with Crippen LogP contribution in [0.3, 0.4) is 0 Å². The highest BCUT2D eigenvalue weighted by molar-refractivity contribution is 4.87. The Labute approximate surface area is 127 Å². The number of hydrogen-bond donors (Lipinski definition) is 1. The molecular formula is C18H38N2. The van der Waals surface area contributed by atoms with Crippen LogP contribution in [-0.2, 0) is 0 Å². The highest BCUT2D eigenvalue weighted by Crippen LogP contribution is 2.30. The molecule has 0 radical (unpaired) electrons. The van der Waals surface area contributed by atoms with Crippen molar-refractivity contribution in [2.75, 3.05) is 20.1 Å². The molecule has 1 rings (SSSR count). The van der Waals surface area contributed by atoms with E-state index in [-0.39, 0.29) is 5.54 Å². The quantitative estimate of drug-likeness (QED) is 0.742. The topological polar surface area (TPSA) is 15.3 Å². The smallest absolute Gasteiger partial charge is 0.00967 e. The van der Waals surface area contributed by atoms with E-state index < -0.39 is 0 Å². The second-order valence-corrected chi connectivity index (χ2v) is 8.02. The highest BCUT2D eigenvalue weighted by Gasteiger charge is 2.31. The van der Waals surface area contributed by atoms with E-state index in [0.717, 1.165) is 12.6 Å². The maximum absolute atomic E-state index is 3.75. The van der Waals surface area contributed by atoms with Gasteiger partial charge >= 0.3 is 0 Å². The number of nitrogens with one attached hydrogen (secondary N) is 1. The standard InChI is InChI=1S/C18H38N2/c1-7-18(8-2,14-19-17(3,4)5)15-20(6)16-12-10-9-11-13-16/h16,19H,7-15H2,1-6H3. The zero-order chi connectivity index (χ0) is 15.2. The molecule has 0 atom stereocenters. The molecule has 0 unspecified atom stereocenters. The average molecular weight is 283 g/mol. The second-order valence-electron chi connectivity index (χ2n) is 8.02. The van der Waals surface area contributed by atoms with E-state index in [2.05, 4.69) is 51.9 Å². The second kappa shape index (κ2) is 7.79. The van der Waals surface area contributed by atoms with Crippen LogP contribution in [0, 0.1) is 5.41 Å². The predicted octanol–water partition coefficient (Wildman–Crippen LogP) is 4.45. The van der Waals surface area contributed by atoms with Gasteiger partial charge in [0.25, 0.3) is 0 Å². The molecule has 1 saturated carbocycles. The third-order valence-electron chi connectivity index (χ3n) is 5.28. The summed E-state index contributed by atoms with van der Waals surface area (Å²) in [5.74, 6) is 0. The van der Waals surface area contributed by atoms with Crippen LogP contribution in [0.5, 0.6) is 0 Å². The summed E-state index contributed by atoms with van der Waals surface area (Å²) in [6.45, 7) is 13.9. The van der Waals surface area contributed by atoms with Gasteiger partial charge in [-0.3, -0.25) is 0 Å². The molecule has 2 nitrogen and oxygen atoms in total. The number of rotatable bonds is 7. The summed E-state index contributed by atoms with van der Waals surface area (Å²) in [5, 5.41) is 3.75. The Hall–Kier alpha value is -0.0800. The third kappa shape index (κ3) is 5.73. The molecule has 1 aliphatic rings. The fraction of sp³-hybridized carbons (Fsp3) is 1.00. The lowest BCUT2D eigenvalue weighted by molar-refractivity contribution is 0.0976. The Bertz CT molecular complexity index is 257. The average Bonchev–Trinajstić information content (AvgIpc) is 2.43. The van der Waals surface area contributed by atoms with Crippen molar-refractivity contribution in [2.24, 2.45) is 5.41 Å². The van der Waals surface area contributed by atoms with Gasteiger partial charge in [0.05, 0.1) is 0 Å². The normalized spacial score (nSPS) is 18.8. The highest BCUT2D eigenvalue weighted by atomic mass is 15.1. The van der Waals surface area contributed by atoms with Gasteiger partial charge in [-0.25, -0.2) is 0 Å². The Kier molecular flexibility index (Phi) is 7.00. The lowest BCUT2D eigenvalue weighted by Gasteiger charge is -2.41. The number of hydrogen-bond acceptors (Lipinski definition) is 2. The molecule has 1 N–H and O–H groups in total. The molecule has 0 bridgehead atoms. The van der Waals surface area contributed by atoms with E-state index in [1.807, 2.05) is 0 Å². The van der Waals surface area contributed by atoms with E-state index in [9.17, 15) is 0 Å². The Morgan fingerprint density at radius 3 is 2.00 bits per heavy atom. The molecule has 0 amide bonds. The van der Waals surface area contributed by atoms with Crippen molar-refractivity contribution in [2.45, 2.75) is 91.1 Å². The first kappa shape index (κ1) is 18.0. The fourth-order valence-corrected chi connectivity index (χ4v) is 3.41. The van der Waals surface area contributed by atoms with Crippen molar-refractivity contribution in [3.8, 4) is 0 Å². The van der Waals surface area contributed by atoms with Gasteiger partial charge in [0.2, 0.25) is 0 Å². The monoisotopic (exact) mass is 282 g/mol. The summed E-state index contributed by atoms with van der Waals surface area (Å²) >= 11 is 0. The van der Waals surface area contributed by atoms with Crippen molar-refractivity contribution in [1.82, 2.24) is 10.2 Å². The summed E-state index contributed by atoms with van der Waals surface area (Å²) in [6, 6.07) is 0.830. The molecule has 120 valence electrons. The Balaban J connectivity index is 2.59. The zero-order valence-electron chi connectivity index (χ0n) is 14.9. The van der Waals surface area contributed by atoms with Gasteiger partial charge in [-0.15, -0.1) is 0 Å². The molecule has 0 saturated heterocycles. The first-order chi connectivity index (χ1) is 9.32. The molecule has 1 aliphatic carbocycles. The SMILES string of the molecule is CCC(CC)(CNC(C)(C)C)CN(C)C1CCCCC1. The lowest BCUT2D eigenvalue weighted by atomic mass is 9.80. The van der Waals surface area contributed by atoms with E-state index in [1.165, 1.54) is 51.5 Å². The van der Waals surface area contributed by atoms with Crippen LogP contribution in [0.2, 0.25) is 0 Å². The van der Waals surface area contributed by atoms with E-state index >= 15 is 0 Å². The van der Waals surface area contributed by atoms with Crippen molar-refractivity contribution in [3.63, 3.8) is 0 Å². The van der Waals surface area contributed by atoms with Gasteiger partial charge in [0.15, 0.2) is 0 Å². The minimum absolute atomic E-state index is 0.221. The number of nitrogens with zero attached hydrogens (tertiary/aromatic N) is 1. The van der Waals surface area contributed by atoms with Gasteiger partial charge in [0.1, 0.15) is 0 Å². The van der Waals surface area contributed by atoms with Crippen molar-refractivity contribution in [3.05, 3.63) is 0 Å². The molecule has 0 heterocycles. The van der Waals surface area contributed by atoms with Crippen LogP contribution < -0.4 is 5.32 Å². The maximum atomic E-state index is 3.75. The first-order valence-corrected chi connectivity index (χ1v) is 8.77. The van der Waals surface area contributed by atoms with Crippen molar-refractivity contribution < 1.29 is 0 Å². The van der Waals surface area contributed by atoms with Gasteiger partial charge in [0, 0.05) is 24.7 Å². The van der Waals surface area contributed by atoms with E-state index in [4.69, 9.17) is 0 Å². The van der Waals surface area contributed by atoms with E-state index in [0.29, 0.717) is 5.41 Å². The van der Waals surface area contributed by atoms with Crippen LogP contribution in [-0.4, -0.2) is 36.6 Å². The van der Waals surface area contributed by atoms with Gasteiger partial charge in [-0.1, -0.05) is 33.1 Å². The minimum atomic E-state index is 0.221. The van der Waals surface area contributed by atoms with Crippen LogP contribution in [0.15, 0.2) is 0 Å². The van der Waals surface area contributed by atoms with Crippen LogP contribution in [0.4, 0.5) is 0 Å². The third-order valence-corrected chi connectivity index (χ3v) is 5.28. The summed E-state index contributed by atoms with van der Waals surface area (Å²) in [6.07, 6.45) is 9.66. The van der Waals surface area contributed by atoms with Crippen molar-refractivity contribution in [1.29, 1.82) is 0 Å². The fourth-order valence-electron chi connectivity index (χ4n) is 3.41. The van der Waals surface area contributed by atoms with Gasteiger partial charge < -0.3 is 10.2 Å². The molecule has 2 heteroatoms. The largest absolute Gasteiger partial charge is 0.311 e. The van der Waals surface area contributed by atoms with Gasteiger partial charge in [-0.05, 0) is 58.9 Å².